The molecule has 27 heavy (non-hydrogen) atoms. The molecule has 1 aliphatic heterocycles. The van der Waals surface area contributed by atoms with Gasteiger partial charge in [-0.15, -0.1) is 0 Å². The minimum Gasteiger partial charge on any atom is -0.450 e. The lowest BCUT2D eigenvalue weighted by Crippen LogP contribution is -2.30. The van der Waals surface area contributed by atoms with Gasteiger partial charge in [0.15, 0.2) is 5.43 Å². The molecule has 0 fully saturated rings. The van der Waals surface area contributed by atoms with E-state index in [4.69, 9.17) is 4.42 Å². The highest BCUT2D eigenvalue weighted by Gasteiger charge is 2.42. The zero-order valence-electron chi connectivity index (χ0n) is 15.5. The van der Waals surface area contributed by atoms with Gasteiger partial charge in [-0.2, -0.15) is 0 Å². The SMILES string of the molecule is CCCN1C(=O)c2oc3cc(C)cc(C)c3c(=O)c2C1c1ccc(Br)cc1. The summed E-state index contributed by atoms with van der Waals surface area (Å²) in [7, 11) is 0. The second kappa shape index (κ2) is 6.64. The summed E-state index contributed by atoms with van der Waals surface area (Å²) in [6, 6.07) is 11.1. The molecule has 0 N–H and O–H groups in total. The molecule has 1 unspecified atom stereocenters. The number of rotatable bonds is 3. The second-order valence-corrected chi connectivity index (χ2v) is 8.00. The molecule has 2 aromatic carbocycles. The van der Waals surface area contributed by atoms with Gasteiger partial charge in [0.1, 0.15) is 5.58 Å². The summed E-state index contributed by atoms with van der Waals surface area (Å²) >= 11 is 3.45. The van der Waals surface area contributed by atoms with E-state index in [9.17, 15) is 9.59 Å². The maximum atomic E-state index is 13.5. The van der Waals surface area contributed by atoms with Crippen LogP contribution in [-0.2, 0) is 0 Å². The van der Waals surface area contributed by atoms with E-state index < -0.39 is 6.04 Å². The summed E-state index contributed by atoms with van der Waals surface area (Å²) in [5, 5.41) is 0.563. The topological polar surface area (TPSA) is 50.5 Å². The molecule has 1 aliphatic rings. The van der Waals surface area contributed by atoms with E-state index >= 15 is 0 Å². The number of fused-ring (bicyclic) bond motifs is 2. The van der Waals surface area contributed by atoms with Crippen LogP contribution in [0.4, 0.5) is 0 Å². The molecule has 1 aromatic heterocycles. The van der Waals surface area contributed by atoms with Crippen LogP contribution in [0.3, 0.4) is 0 Å². The van der Waals surface area contributed by atoms with Gasteiger partial charge in [0, 0.05) is 11.0 Å². The van der Waals surface area contributed by atoms with Crippen LogP contribution in [0.2, 0.25) is 0 Å². The van der Waals surface area contributed by atoms with Gasteiger partial charge in [-0.3, -0.25) is 9.59 Å². The maximum Gasteiger partial charge on any atom is 0.290 e. The van der Waals surface area contributed by atoms with Crippen LogP contribution in [0.15, 0.2) is 50.1 Å². The Balaban J connectivity index is 2.04. The Morgan fingerprint density at radius 2 is 1.81 bits per heavy atom. The average Bonchev–Trinajstić information content (AvgIpc) is 2.88. The van der Waals surface area contributed by atoms with Crippen molar-refractivity contribution in [2.45, 2.75) is 33.2 Å². The highest BCUT2D eigenvalue weighted by Crippen LogP contribution is 2.38. The molecular weight excluding hydrogens is 406 g/mol. The van der Waals surface area contributed by atoms with Crippen molar-refractivity contribution in [3.05, 3.63) is 79.1 Å². The van der Waals surface area contributed by atoms with Crippen LogP contribution in [0.5, 0.6) is 0 Å². The van der Waals surface area contributed by atoms with Gasteiger partial charge in [0.25, 0.3) is 5.91 Å². The first-order chi connectivity index (χ1) is 12.9. The molecule has 0 bridgehead atoms. The lowest BCUT2D eigenvalue weighted by Gasteiger charge is -2.24. The first kappa shape index (κ1) is 18.0. The van der Waals surface area contributed by atoms with Gasteiger partial charge in [-0.05, 0) is 55.2 Å². The third-order valence-electron chi connectivity index (χ3n) is 5.06. The largest absolute Gasteiger partial charge is 0.450 e. The Morgan fingerprint density at radius 3 is 2.48 bits per heavy atom. The van der Waals surface area contributed by atoms with Crippen LogP contribution in [-0.4, -0.2) is 17.4 Å². The first-order valence-corrected chi connectivity index (χ1v) is 9.86. The van der Waals surface area contributed by atoms with E-state index in [-0.39, 0.29) is 17.1 Å². The van der Waals surface area contributed by atoms with Crippen molar-refractivity contribution in [2.75, 3.05) is 6.54 Å². The Labute approximate surface area is 165 Å². The molecule has 0 saturated heterocycles. The molecular formula is C22H20BrNO3. The summed E-state index contributed by atoms with van der Waals surface area (Å²) in [6.45, 7) is 6.45. The molecule has 4 rings (SSSR count). The van der Waals surface area contributed by atoms with Crippen molar-refractivity contribution in [3.8, 4) is 0 Å². The van der Waals surface area contributed by atoms with Crippen molar-refractivity contribution in [3.63, 3.8) is 0 Å². The molecule has 138 valence electrons. The number of hydrogen-bond acceptors (Lipinski definition) is 3. The average molecular weight is 426 g/mol. The number of carbonyl (C=O) groups excluding carboxylic acids is 1. The molecule has 1 atom stereocenters. The molecule has 4 nitrogen and oxygen atoms in total. The smallest absolute Gasteiger partial charge is 0.290 e. The van der Waals surface area contributed by atoms with Gasteiger partial charge < -0.3 is 9.32 Å². The van der Waals surface area contributed by atoms with Crippen molar-refractivity contribution in [1.82, 2.24) is 4.90 Å². The number of nitrogens with zero attached hydrogens (tertiary/aromatic N) is 1. The van der Waals surface area contributed by atoms with Crippen LogP contribution in [0, 0.1) is 13.8 Å². The van der Waals surface area contributed by atoms with Gasteiger partial charge in [0.2, 0.25) is 5.76 Å². The van der Waals surface area contributed by atoms with Crippen LogP contribution >= 0.6 is 15.9 Å². The summed E-state index contributed by atoms with van der Waals surface area (Å²) in [5.74, 6) is -0.0307. The Hall–Kier alpha value is -2.40. The van der Waals surface area contributed by atoms with Crippen molar-refractivity contribution < 1.29 is 9.21 Å². The van der Waals surface area contributed by atoms with Crippen LogP contribution in [0.1, 0.15) is 52.2 Å². The number of halogens is 1. The number of hydrogen-bond donors (Lipinski definition) is 0. The normalized spacial score (nSPS) is 16.2. The highest BCUT2D eigenvalue weighted by atomic mass is 79.9. The predicted molar refractivity (Wildman–Crippen MR) is 109 cm³/mol. The van der Waals surface area contributed by atoms with E-state index in [2.05, 4.69) is 15.9 Å². The fraction of sp³-hybridized carbons (Fsp3) is 0.273. The lowest BCUT2D eigenvalue weighted by molar-refractivity contribution is 0.0728. The molecule has 0 saturated carbocycles. The van der Waals surface area contributed by atoms with Gasteiger partial charge >= 0.3 is 0 Å². The third-order valence-corrected chi connectivity index (χ3v) is 5.59. The number of carbonyl (C=O) groups is 1. The van der Waals surface area contributed by atoms with E-state index in [1.165, 1.54) is 0 Å². The zero-order chi connectivity index (χ0) is 19.3. The number of benzene rings is 2. The quantitative estimate of drug-likeness (QED) is 0.584. The summed E-state index contributed by atoms with van der Waals surface area (Å²) in [4.78, 5) is 28.3. The molecule has 1 amide bonds. The van der Waals surface area contributed by atoms with Crippen LogP contribution < -0.4 is 5.43 Å². The molecule has 0 radical (unpaired) electrons. The van der Waals surface area contributed by atoms with E-state index in [1.807, 2.05) is 57.2 Å². The van der Waals surface area contributed by atoms with Crippen LogP contribution in [0.25, 0.3) is 11.0 Å². The zero-order valence-corrected chi connectivity index (χ0v) is 17.1. The standard InChI is InChI=1S/C22H20BrNO3/c1-4-9-24-19(14-5-7-15(23)8-6-14)18-20(25)17-13(3)10-12(2)11-16(17)27-21(18)22(24)26/h5-8,10-11,19H,4,9H2,1-3H3. The molecule has 2 heterocycles. The minimum atomic E-state index is -0.415. The summed E-state index contributed by atoms with van der Waals surface area (Å²) < 4.78 is 6.96. The van der Waals surface area contributed by atoms with E-state index in [0.29, 0.717) is 23.1 Å². The summed E-state index contributed by atoms with van der Waals surface area (Å²) in [5.41, 5.74) is 3.62. The molecule has 5 heteroatoms. The van der Waals surface area contributed by atoms with Crippen molar-refractivity contribution >= 4 is 32.8 Å². The molecule has 0 spiro atoms. The lowest BCUT2D eigenvalue weighted by atomic mass is 9.97. The number of amides is 1. The number of aryl methyl sites for hydroxylation is 2. The van der Waals surface area contributed by atoms with E-state index in [0.717, 1.165) is 27.6 Å². The third kappa shape index (κ3) is 2.81. The highest BCUT2D eigenvalue weighted by molar-refractivity contribution is 9.10. The van der Waals surface area contributed by atoms with Gasteiger partial charge in [0.05, 0.1) is 17.0 Å². The second-order valence-electron chi connectivity index (χ2n) is 7.08. The first-order valence-electron chi connectivity index (χ1n) is 9.06. The Kier molecular flexibility index (Phi) is 4.42. The Morgan fingerprint density at radius 1 is 1.11 bits per heavy atom. The fourth-order valence-electron chi connectivity index (χ4n) is 3.98. The monoisotopic (exact) mass is 425 g/mol. The molecule has 0 aliphatic carbocycles. The summed E-state index contributed by atoms with van der Waals surface area (Å²) in [6.07, 6.45) is 0.804. The fourth-order valence-corrected chi connectivity index (χ4v) is 4.24. The van der Waals surface area contributed by atoms with Crippen molar-refractivity contribution in [1.29, 1.82) is 0 Å². The van der Waals surface area contributed by atoms with E-state index in [1.54, 1.807) is 4.90 Å². The van der Waals surface area contributed by atoms with Crippen molar-refractivity contribution in [2.24, 2.45) is 0 Å². The minimum absolute atomic E-state index is 0.108. The van der Waals surface area contributed by atoms with Gasteiger partial charge in [-0.1, -0.05) is 41.1 Å². The Bertz CT molecular complexity index is 1120. The van der Waals surface area contributed by atoms with Gasteiger partial charge in [-0.25, -0.2) is 0 Å². The predicted octanol–water partition coefficient (Wildman–Crippen LogP) is 5.13. The maximum absolute atomic E-state index is 13.5. The molecule has 3 aromatic rings.